The lowest BCUT2D eigenvalue weighted by Crippen LogP contribution is -2.34. The predicted octanol–water partition coefficient (Wildman–Crippen LogP) is 4.16. The molecule has 3 aliphatic rings. The van der Waals surface area contributed by atoms with E-state index < -0.39 is 11.6 Å². The van der Waals surface area contributed by atoms with Crippen LogP contribution in [0.3, 0.4) is 0 Å². The smallest absolute Gasteiger partial charge is 0.254 e. The van der Waals surface area contributed by atoms with E-state index >= 15 is 0 Å². The van der Waals surface area contributed by atoms with Crippen LogP contribution in [0, 0.1) is 23.0 Å². The van der Waals surface area contributed by atoms with Gasteiger partial charge in [-0.1, -0.05) is 19.3 Å². The second kappa shape index (κ2) is 7.18. The zero-order valence-electron chi connectivity index (χ0n) is 16.5. The summed E-state index contributed by atoms with van der Waals surface area (Å²) >= 11 is 0. The number of carbonyl (C=O) groups is 1. The number of carbonyl (C=O) groups excluding carboxylic acids is 1. The summed E-state index contributed by atoms with van der Waals surface area (Å²) in [5.41, 5.74) is 0.204. The number of hydrogen-bond acceptors (Lipinski definition) is 3. The number of likely N-dealkylation sites (tertiary alicyclic amines) is 1. The fourth-order valence-electron chi connectivity index (χ4n) is 5.31. The molecule has 5 rings (SSSR count). The van der Waals surface area contributed by atoms with Crippen molar-refractivity contribution in [1.82, 2.24) is 19.7 Å². The first kappa shape index (κ1) is 18.7. The molecule has 1 aromatic heterocycles. The van der Waals surface area contributed by atoms with Gasteiger partial charge in [-0.3, -0.25) is 4.79 Å². The number of hydrogen-bond donors (Lipinski definition) is 0. The van der Waals surface area contributed by atoms with Crippen LogP contribution in [0.25, 0.3) is 0 Å². The first-order valence-corrected chi connectivity index (χ1v) is 10.7. The molecule has 0 N–H and O–H groups in total. The minimum Gasteiger partial charge on any atom is -0.337 e. The van der Waals surface area contributed by atoms with Gasteiger partial charge in [-0.25, -0.2) is 8.78 Å². The van der Waals surface area contributed by atoms with Gasteiger partial charge < -0.3 is 9.47 Å². The van der Waals surface area contributed by atoms with Crippen LogP contribution in [0.15, 0.2) is 24.5 Å². The quantitative estimate of drug-likeness (QED) is 0.775. The standard InChI is InChI=1S/C22H26F2N4O/c23-18-7-6-16(10-19(18)24)21(29)27-12-17(22(13-27)8-2-1-3-9-22)20-26-25-14-28(20)11-15-4-5-15/h6-7,10,14-15,17H,1-5,8-9,11-13H2. The molecule has 1 aliphatic heterocycles. The number of aromatic nitrogens is 3. The van der Waals surface area contributed by atoms with Crippen molar-refractivity contribution >= 4 is 5.91 Å². The lowest BCUT2D eigenvalue weighted by molar-refractivity contribution is 0.0757. The lowest BCUT2D eigenvalue weighted by Gasteiger charge is -2.37. The van der Waals surface area contributed by atoms with E-state index in [1.54, 1.807) is 0 Å². The van der Waals surface area contributed by atoms with Crippen LogP contribution in [-0.2, 0) is 6.54 Å². The molecule has 1 atom stereocenters. The molecule has 5 nitrogen and oxygen atoms in total. The molecule has 7 heteroatoms. The molecule has 2 saturated carbocycles. The van der Waals surface area contributed by atoms with Crippen molar-refractivity contribution in [1.29, 1.82) is 0 Å². The van der Waals surface area contributed by atoms with Crippen LogP contribution >= 0.6 is 0 Å². The molecular weight excluding hydrogens is 374 g/mol. The van der Waals surface area contributed by atoms with Gasteiger partial charge in [0.1, 0.15) is 12.2 Å². The summed E-state index contributed by atoms with van der Waals surface area (Å²) in [7, 11) is 0. The lowest BCUT2D eigenvalue weighted by atomic mass is 9.67. The van der Waals surface area contributed by atoms with E-state index in [1.165, 1.54) is 25.3 Å². The third-order valence-corrected chi connectivity index (χ3v) is 7.06. The Hall–Kier alpha value is -2.31. The van der Waals surface area contributed by atoms with Crippen molar-refractivity contribution in [3.05, 3.63) is 47.5 Å². The van der Waals surface area contributed by atoms with Crippen LogP contribution in [0.4, 0.5) is 8.78 Å². The zero-order chi connectivity index (χ0) is 20.0. The Kier molecular flexibility index (Phi) is 4.63. The van der Waals surface area contributed by atoms with Gasteiger partial charge in [-0.05, 0) is 55.2 Å². The number of benzene rings is 1. The third-order valence-electron chi connectivity index (χ3n) is 7.06. The number of halogens is 2. The normalized spacial score (nSPS) is 23.7. The van der Waals surface area contributed by atoms with Crippen LogP contribution in [0.1, 0.15) is 67.0 Å². The summed E-state index contributed by atoms with van der Waals surface area (Å²) in [6.07, 6.45) is 10.00. The summed E-state index contributed by atoms with van der Waals surface area (Å²) in [6, 6.07) is 3.41. The third kappa shape index (κ3) is 3.45. The molecule has 1 aromatic carbocycles. The Balaban J connectivity index is 1.45. The SMILES string of the molecule is O=C(c1ccc(F)c(F)c1)N1CC(c2nncn2CC2CC2)C2(CCCCC2)C1. The van der Waals surface area contributed by atoms with Crippen LogP contribution in [0.2, 0.25) is 0 Å². The van der Waals surface area contributed by atoms with E-state index in [-0.39, 0.29) is 22.8 Å². The van der Waals surface area contributed by atoms with Crippen LogP contribution < -0.4 is 0 Å². The molecule has 3 fully saturated rings. The highest BCUT2D eigenvalue weighted by Crippen LogP contribution is 2.52. The molecule has 2 aromatic rings. The summed E-state index contributed by atoms with van der Waals surface area (Å²) < 4.78 is 29.2. The minimum atomic E-state index is -0.983. The topological polar surface area (TPSA) is 51.0 Å². The second-order valence-corrected chi connectivity index (χ2v) is 9.08. The second-order valence-electron chi connectivity index (χ2n) is 9.08. The van der Waals surface area contributed by atoms with Gasteiger partial charge >= 0.3 is 0 Å². The largest absolute Gasteiger partial charge is 0.337 e. The fraction of sp³-hybridized carbons (Fsp3) is 0.591. The molecule has 1 saturated heterocycles. The molecule has 29 heavy (non-hydrogen) atoms. The highest BCUT2D eigenvalue weighted by Gasteiger charge is 2.50. The molecule has 1 spiro atoms. The molecule has 2 heterocycles. The Bertz CT molecular complexity index is 917. The van der Waals surface area contributed by atoms with Crippen molar-refractivity contribution < 1.29 is 13.6 Å². The van der Waals surface area contributed by atoms with E-state index in [0.29, 0.717) is 19.0 Å². The maximum atomic E-state index is 13.7. The van der Waals surface area contributed by atoms with Crippen molar-refractivity contribution in [3.8, 4) is 0 Å². The molecule has 0 radical (unpaired) electrons. The molecule has 154 valence electrons. The maximum absolute atomic E-state index is 13.7. The van der Waals surface area contributed by atoms with E-state index in [4.69, 9.17) is 0 Å². The molecule has 2 aliphatic carbocycles. The number of nitrogens with zero attached hydrogens (tertiary/aromatic N) is 4. The number of rotatable bonds is 4. The van der Waals surface area contributed by atoms with E-state index in [2.05, 4.69) is 14.8 Å². The first-order chi connectivity index (χ1) is 14.1. The Labute approximate surface area is 169 Å². The van der Waals surface area contributed by atoms with Gasteiger partial charge in [0.15, 0.2) is 11.6 Å². The van der Waals surface area contributed by atoms with Crippen molar-refractivity contribution in [2.45, 2.75) is 57.4 Å². The summed E-state index contributed by atoms with van der Waals surface area (Å²) in [5, 5.41) is 8.68. The van der Waals surface area contributed by atoms with Crippen LogP contribution in [0.5, 0.6) is 0 Å². The average Bonchev–Trinajstić information content (AvgIpc) is 3.31. The first-order valence-electron chi connectivity index (χ1n) is 10.7. The van der Waals surface area contributed by atoms with Gasteiger partial charge in [0.2, 0.25) is 0 Å². The highest BCUT2D eigenvalue weighted by molar-refractivity contribution is 5.94. The maximum Gasteiger partial charge on any atom is 0.254 e. The molecule has 0 bridgehead atoms. The van der Waals surface area contributed by atoms with Crippen LogP contribution in [-0.4, -0.2) is 38.7 Å². The van der Waals surface area contributed by atoms with E-state index in [9.17, 15) is 13.6 Å². The minimum absolute atomic E-state index is 0.000813. The average molecular weight is 400 g/mol. The molecule has 1 amide bonds. The summed E-state index contributed by atoms with van der Waals surface area (Å²) in [4.78, 5) is 14.9. The monoisotopic (exact) mass is 400 g/mol. The predicted molar refractivity (Wildman–Crippen MR) is 103 cm³/mol. The summed E-state index contributed by atoms with van der Waals surface area (Å²) in [6.45, 7) is 2.15. The number of amides is 1. The van der Waals surface area contributed by atoms with Gasteiger partial charge in [-0.2, -0.15) is 0 Å². The zero-order valence-corrected chi connectivity index (χ0v) is 16.5. The summed E-state index contributed by atoms with van der Waals surface area (Å²) in [5.74, 6) is -0.309. The van der Waals surface area contributed by atoms with Gasteiger partial charge in [-0.15, -0.1) is 10.2 Å². The molecular formula is C22H26F2N4O. The Morgan fingerprint density at radius 2 is 1.93 bits per heavy atom. The van der Waals surface area contributed by atoms with Crippen molar-refractivity contribution in [3.63, 3.8) is 0 Å². The highest BCUT2D eigenvalue weighted by atomic mass is 19.2. The van der Waals surface area contributed by atoms with Gasteiger partial charge in [0, 0.05) is 31.1 Å². The Morgan fingerprint density at radius 1 is 1.14 bits per heavy atom. The van der Waals surface area contributed by atoms with Crippen molar-refractivity contribution in [2.75, 3.05) is 13.1 Å². The van der Waals surface area contributed by atoms with E-state index in [0.717, 1.165) is 50.2 Å². The van der Waals surface area contributed by atoms with Gasteiger partial charge in [0.05, 0.1) is 0 Å². The van der Waals surface area contributed by atoms with Crippen molar-refractivity contribution in [2.24, 2.45) is 11.3 Å². The van der Waals surface area contributed by atoms with E-state index in [1.807, 2.05) is 11.2 Å². The molecule has 1 unspecified atom stereocenters. The Morgan fingerprint density at radius 3 is 2.66 bits per heavy atom. The van der Waals surface area contributed by atoms with Gasteiger partial charge in [0.25, 0.3) is 5.91 Å². The fourth-order valence-corrected chi connectivity index (χ4v) is 5.31.